The molecule has 0 saturated carbocycles. The molecule has 0 fully saturated rings. The average molecular weight is 491 g/mol. The van der Waals surface area contributed by atoms with E-state index in [0.717, 1.165) is 17.4 Å². The second-order valence-corrected chi connectivity index (χ2v) is 8.32. The van der Waals surface area contributed by atoms with Crippen LogP contribution in [0.15, 0.2) is 78.0 Å². The Morgan fingerprint density at radius 1 is 0.971 bits per heavy atom. The lowest BCUT2D eigenvalue weighted by molar-refractivity contribution is -0.385. The molecular formula is C23H18N6O5S. The first-order valence-electron chi connectivity index (χ1n) is 10.3. The first kappa shape index (κ1) is 23.6. The number of nitro groups is 2. The maximum atomic E-state index is 12.6. The molecule has 0 atom stereocenters. The molecule has 1 amide bonds. The summed E-state index contributed by atoms with van der Waals surface area (Å²) in [6, 6.07) is 19.7. The number of amides is 1. The molecule has 0 aliphatic rings. The summed E-state index contributed by atoms with van der Waals surface area (Å²) in [7, 11) is 0. The molecular weight excluding hydrogens is 472 g/mol. The number of carbonyl (C=O) groups excluding carboxylic acids is 1. The molecule has 0 unspecified atom stereocenters. The molecule has 0 saturated heterocycles. The van der Waals surface area contributed by atoms with Gasteiger partial charge in [-0.05, 0) is 37.3 Å². The molecule has 1 aromatic heterocycles. The second kappa shape index (κ2) is 10.1. The molecule has 11 nitrogen and oxygen atoms in total. The van der Waals surface area contributed by atoms with E-state index >= 15 is 0 Å². The quantitative estimate of drug-likeness (QED) is 0.211. The maximum Gasteiger partial charge on any atom is 0.274 e. The number of anilines is 1. The van der Waals surface area contributed by atoms with Crippen LogP contribution >= 0.6 is 11.8 Å². The van der Waals surface area contributed by atoms with E-state index < -0.39 is 9.85 Å². The van der Waals surface area contributed by atoms with E-state index in [-0.39, 0.29) is 23.0 Å². The van der Waals surface area contributed by atoms with Crippen LogP contribution in [0, 0.1) is 27.2 Å². The van der Waals surface area contributed by atoms with Gasteiger partial charge in [-0.2, -0.15) is 0 Å². The number of thioether (sulfide) groups is 1. The van der Waals surface area contributed by atoms with Gasteiger partial charge in [-0.3, -0.25) is 29.6 Å². The summed E-state index contributed by atoms with van der Waals surface area (Å²) in [6.45, 7) is 1.62. The molecule has 0 aliphatic carbocycles. The minimum Gasteiger partial charge on any atom is -0.325 e. The number of benzene rings is 3. The first-order valence-corrected chi connectivity index (χ1v) is 11.3. The second-order valence-electron chi connectivity index (χ2n) is 7.38. The molecule has 0 aliphatic heterocycles. The van der Waals surface area contributed by atoms with Gasteiger partial charge < -0.3 is 5.32 Å². The summed E-state index contributed by atoms with van der Waals surface area (Å²) in [5.41, 5.74) is 2.08. The molecule has 176 valence electrons. The summed E-state index contributed by atoms with van der Waals surface area (Å²) in [5.74, 6) is 0.0724. The number of nitro benzene ring substituents is 2. The summed E-state index contributed by atoms with van der Waals surface area (Å²) in [4.78, 5) is 33.7. The van der Waals surface area contributed by atoms with Crippen LogP contribution in [0.2, 0.25) is 0 Å². The highest BCUT2D eigenvalue weighted by Crippen LogP contribution is 2.29. The third-order valence-electron chi connectivity index (χ3n) is 5.01. The number of nitrogens with one attached hydrogen (secondary N) is 1. The summed E-state index contributed by atoms with van der Waals surface area (Å²) in [5, 5.41) is 33.7. The molecule has 12 heteroatoms. The number of carbonyl (C=O) groups is 1. The lowest BCUT2D eigenvalue weighted by Gasteiger charge is -2.10. The number of para-hydroxylation sites is 1. The monoisotopic (exact) mass is 490 g/mol. The highest BCUT2D eigenvalue weighted by Gasteiger charge is 2.19. The first-order chi connectivity index (χ1) is 16.8. The van der Waals surface area contributed by atoms with Gasteiger partial charge in [0.2, 0.25) is 5.91 Å². The lowest BCUT2D eigenvalue weighted by Crippen LogP contribution is -2.14. The van der Waals surface area contributed by atoms with E-state index in [0.29, 0.717) is 27.8 Å². The van der Waals surface area contributed by atoms with Gasteiger partial charge in [0.25, 0.3) is 11.4 Å². The topological polar surface area (TPSA) is 146 Å². The SMILES string of the molecule is Cc1ccc(NC(=O)CSc2nnc(-c3ccc([N+](=O)[O-])cc3)n2-c2ccccc2)cc1[N+](=O)[O-]. The van der Waals surface area contributed by atoms with Gasteiger partial charge in [0, 0.05) is 40.7 Å². The van der Waals surface area contributed by atoms with Crippen molar-refractivity contribution in [3.8, 4) is 17.1 Å². The van der Waals surface area contributed by atoms with Crippen molar-refractivity contribution in [1.29, 1.82) is 0 Å². The van der Waals surface area contributed by atoms with E-state index in [2.05, 4.69) is 15.5 Å². The Bertz CT molecular complexity index is 1410. The van der Waals surface area contributed by atoms with Crippen molar-refractivity contribution in [3.63, 3.8) is 0 Å². The van der Waals surface area contributed by atoms with Crippen molar-refractivity contribution in [2.24, 2.45) is 0 Å². The van der Waals surface area contributed by atoms with Crippen LogP contribution < -0.4 is 5.32 Å². The van der Waals surface area contributed by atoms with Gasteiger partial charge in [0.05, 0.1) is 15.6 Å². The average Bonchev–Trinajstić information content (AvgIpc) is 3.28. The molecule has 0 radical (unpaired) electrons. The zero-order chi connectivity index (χ0) is 24.9. The Morgan fingerprint density at radius 3 is 2.34 bits per heavy atom. The van der Waals surface area contributed by atoms with E-state index in [9.17, 15) is 25.0 Å². The van der Waals surface area contributed by atoms with Crippen molar-refractivity contribution in [1.82, 2.24) is 14.8 Å². The third kappa shape index (κ3) is 5.33. The minimum atomic E-state index is -0.498. The lowest BCUT2D eigenvalue weighted by atomic mass is 10.2. The van der Waals surface area contributed by atoms with Gasteiger partial charge in [-0.1, -0.05) is 36.0 Å². The molecule has 0 bridgehead atoms. The van der Waals surface area contributed by atoms with E-state index in [4.69, 9.17) is 0 Å². The van der Waals surface area contributed by atoms with Gasteiger partial charge in [-0.15, -0.1) is 10.2 Å². The highest BCUT2D eigenvalue weighted by atomic mass is 32.2. The van der Waals surface area contributed by atoms with Crippen molar-refractivity contribution in [2.45, 2.75) is 12.1 Å². The fourth-order valence-electron chi connectivity index (χ4n) is 3.30. The fourth-order valence-corrected chi connectivity index (χ4v) is 4.06. The van der Waals surface area contributed by atoms with Gasteiger partial charge >= 0.3 is 0 Å². The Kier molecular flexibility index (Phi) is 6.83. The number of hydrogen-bond donors (Lipinski definition) is 1. The predicted molar refractivity (Wildman–Crippen MR) is 131 cm³/mol. The van der Waals surface area contributed by atoms with Crippen LogP contribution in [0.4, 0.5) is 17.1 Å². The Hall–Kier alpha value is -4.58. The van der Waals surface area contributed by atoms with Crippen LogP contribution in [0.5, 0.6) is 0 Å². The maximum absolute atomic E-state index is 12.6. The van der Waals surface area contributed by atoms with Crippen molar-refractivity contribution in [3.05, 3.63) is 98.6 Å². The summed E-state index contributed by atoms with van der Waals surface area (Å²) >= 11 is 1.14. The van der Waals surface area contributed by atoms with Crippen molar-refractivity contribution in [2.75, 3.05) is 11.1 Å². The van der Waals surface area contributed by atoms with Crippen LogP contribution in [-0.2, 0) is 4.79 Å². The van der Waals surface area contributed by atoms with Crippen LogP contribution in [0.3, 0.4) is 0 Å². The third-order valence-corrected chi connectivity index (χ3v) is 5.93. The number of rotatable bonds is 8. The van der Waals surface area contributed by atoms with Gasteiger partial charge in [-0.25, -0.2) is 0 Å². The number of aryl methyl sites for hydroxylation is 1. The Balaban J connectivity index is 1.57. The zero-order valence-corrected chi connectivity index (χ0v) is 19.1. The summed E-state index contributed by atoms with van der Waals surface area (Å²) in [6.07, 6.45) is 0. The van der Waals surface area contributed by atoms with Crippen LogP contribution in [0.25, 0.3) is 17.1 Å². The van der Waals surface area contributed by atoms with Crippen molar-refractivity contribution < 1.29 is 14.6 Å². The van der Waals surface area contributed by atoms with Gasteiger partial charge in [0.15, 0.2) is 11.0 Å². The fraction of sp³-hybridized carbons (Fsp3) is 0.0870. The number of aromatic nitrogens is 3. The van der Waals surface area contributed by atoms with Crippen LogP contribution in [-0.4, -0.2) is 36.3 Å². The molecule has 1 heterocycles. The largest absolute Gasteiger partial charge is 0.325 e. The zero-order valence-electron chi connectivity index (χ0n) is 18.3. The smallest absolute Gasteiger partial charge is 0.274 e. The van der Waals surface area contributed by atoms with E-state index in [1.54, 1.807) is 35.8 Å². The standard InChI is InChI=1S/C23H18N6O5S/c1-15-7-10-17(13-20(15)29(33)34)24-21(30)14-35-23-26-25-22(27(23)18-5-3-2-4-6-18)16-8-11-19(12-9-16)28(31)32/h2-13H,14H2,1H3,(H,24,30). The van der Waals surface area contributed by atoms with Gasteiger partial charge in [0.1, 0.15) is 0 Å². The number of non-ortho nitro benzene ring substituents is 1. The van der Waals surface area contributed by atoms with Crippen LogP contribution in [0.1, 0.15) is 5.56 Å². The molecule has 4 aromatic rings. The summed E-state index contributed by atoms with van der Waals surface area (Å²) < 4.78 is 1.76. The Labute approximate surface area is 203 Å². The molecule has 3 aromatic carbocycles. The van der Waals surface area contributed by atoms with Crippen molar-refractivity contribution >= 4 is 34.7 Å². The van der Waals surface area contributed by atoms with E-state index in [1.165, 1.54) is 18.2 Å². The minimum absolute atomic E-state index is 0.0209. The molecule has 35 heavy (non-hydrogen) atoms. The Morgan fingerprint density at radius 2 is 1.69 bits per heavy atom. The predicted octanol–water partition coefficient (Wildman–Crippen LogP) is 4.79. The number of nitrogens with zero attached hydrogens (tertiary/aromatic N) is 5. The molecule has 4 rings (SSSR count). The number of hydrogen-bond acceptors (Lipinski definition) is 8. The molecule has 0 spiro atoms. The molecule has 1 N–H and O–H groups in total. The van der Waals surface area contributed by atoms with E-state index in [1.807, 2.05) is 30.3 Å². The highest BCUT2D eigenvalue weighted by molar-refractivity contribution is 7.99. The normalized spacial score (nSPS) is 10.7.